The SMILES string of the molecule is COc1ccc(S(=O)(=O)N2CC(N3C(=O)COC3=O)C2)cc1Cl. The van der Waals surface area contributed by atoms with Crippen LogP contribution in [0.25, 0.3) is 0 Å². The van der Waals surface area contributed by atoms with Crippen molar-refractivity contribution in [3.63, 3.8) is 0 Å². The number of cyclic esters (lactones) is 1. The van der Waals surface area contributed by atoms with Gasteiger partial charge in [-0.15, -0.1) is 0 Å². The highest BCUT2D eigenvalue weighted by Crippen LogP contribution is 2.31. The quantitative estimate of drug-likeness (QED) is 0.784. The van der Waals surface area contributed by atoms with Crippen LogP contribution in [0.1, 0.15) is 0 Å². The normalized spacial score (nSPS) is 19.7. The lowest BCUT2D eigenvalue weighted by molar-refractivity contribution is -0.128. The van der Waals surface area contributed by atoms with Gasteiger partial charge in [-0.25, -0.2) is 18.1 Å². The van der Waals surface area contributed by atoms with Crippen molar-refractivity contribution in [2.75, 3.05) is 26.8 Å². The molecule has 2 fully saturated rings. The number of nitrogens with zero attached hydrogens (tertiary/aromatic N) is 2. The molecule has 0 radical (unpaired) electrons. The zero-order valence-corrected chi connectivity index (χ0v) is 13.6. The van der Waals surface area contributed by atoms with Gasteiger partial charge in [0.2, 0.25) is 10.0 Å². The van der Waals surface area contributed by atoms with Crippen LogP contribution in [0.5, 0.6) is 5.75 Å². The van der Waals surface area contributed by atoms with Crippen LogP contribution < -0.4 is 4.74 Å². The minimum absolute atomic E-state index is 0.0251. The van der Waals surface area contributed by atoms with Crippen molar-refractivity contribution in [1.82, 2.24) is 9.21 Å². The minimum atomic E-state index is -3.74. The van der Waals surface area contributed by atoms with E-state index in [2.05, 4.69) is 4.74 Å². The molecule has 0 atom stereocenters. The molecule has 2 aliphatic heterocycles. The topological polar surface area (TPSA) is 93.2 Å². The number of benzene rings is 1. The Morgan fingerprint density at radius 2 is 2.00 bits per heavy atom. The maximum absolute atomic E-state index is 12.5. The Morgan fingerprint density at radius 3 is 2.52 bits per heavy atom. The predicted molar refractivity (Wildman–Crippen MR) is 78.7 cm³/mol. The van der Waals surface area contributed by atoms with Crippen LogP contribution in [0.2, 0.25) is 5.02 Å². The van der Waals surface area contributed by atoms with E-state index in [9.17, 15) is 18.0 Å². The fourth-order valence-corrected chi connectivity index (χ4v) is 4.31. The summed E-state index contributed by atoms with van der Waals surface area (Å²) in [7, 11) is -2.31. The third-order valence-electron chi connectivity index (χ3n) is 3.74. The molecule has 0 bridgehead atoms. The second kappa shape index (κ2) is 5.66. The van der Waals surface area contributed by atoms with E-state index < -0.39 is 28.1 Å². The summed E-state index contributed by atoms with van der Waals surface area (Å²) in [6.45, 7) is -0.226. The first kappa shape index (κ1) is 16.0. The number of rotatable bonds is 4. The van der Waals surface area contributed by atoms with Gasteiger partial charge in [0.05, 0.1) is 23.1 Å². The Hall–Kier alpha value is -1.84. The molecule has 0 aromatic heterocycles. The van der Waals surface area contributed by atoms with E-state index in [0.29, 0.717) is 5.75 Å². The standard InChI is InChI=1S/C13H13ClN2O6S/c1-21-11-3-2-9(4-10(11)14)23(19,20)15-5-8(6-15)16-12(17)7-22-13(16)18/h2-4,8H,5-7H2,1H3. The summed E-state index contributed by atoms with van der Waals surface area (Å²) in [4.78, 5) is 24.0. The fraction of sp³-hybridized carbons (Fsp3) is 0.385. The second-order valence-electron chi connectivity index (χ2n) is 5.09. The van der Waals surface area contributed by atoms with E-state index in [0.717, 1.165) is 4.90 Å². The number of hydrogen-bond donors (Lipinski definition) is 0. The average molecular weight is 361 g/mol. The summed E-state index contributed by atoms with van der Waals surface area (Å²) < 4.78 is 35.8. The Kier molecular flexibility index (Phi) is 3.95. The lowest BCUT2D eigenvalue weighted by atomic mass is 10.1. The molecule has 0 unspecified atom stereocenters. The number of amides is 2. The maximum atomic E-state index is 12.5. The molecule has 2 amide bonds. The largest absolute Gasteiger partial charge is 0.495 e. The van der Waals surface area contributed by atoms with Crippen molar-refractivity contribution in [3.05, 3.63) is 23.2 Å². The van der Waals surface area contributed by atoms with Crippen LogP contribution >= 0.6 is 11.6 Å². The molecule has 124 valence electrons. The van der Waals surface area contributed by atoms with Crippen LogP contribution in [-0.4, -0.2) is 62.5 Å². The van der Waals surface area contributed by atoms with Gasteiger partial charge in [0, 0.05) is 13.1 Å². The highest BCUT2D eigenvalue weighted by molar-refractivity contribution is 7.89. The van der Waals surface area contributed by atoms with Gasteiger partial charge in [-0.2, -0.15) is 4.31 Å². The Labute approximate surface area is 137 Å². The lowest BCUT2D eigenvalue weighted by Gasteiger charge is -2.40. The summed E-state index contributed by atoms with van der Waals surface area (Å²) in [5, 5.41) is 0.184. The molecule has 2 aliphatic rings. The number of carbonyl (C=O) groups is 2. The second-order valence-corrected chi connectivity index (χ2v) is 7.44. The lowest BCUT2D eigenvalue weighted by Crippen LogP contribution is -2.62. The first-order chi connectivity index (χ1) is 10.8. The van der Waals surface area contributed by atoms with Gasteiger partial charge in [0.25, 0.3) is 5.91 Å². The van der Waals surface area contributed by atoms with Gasteiger partial charge in [0.1, 0.15) is 5.75 Å². The molecule has 8 nitrogen and oxygen atoms in total. The molecule has 10 heteroatoms. The molecule has 3 rings (SSSR count). The van der Waals surface area contributed by atoms with E-state index in [1.165, 1.54) is 29.6 Å². The van der Waals surface area contributed by atoms with Gasteiger partial charge in [-0.1, -0.05) is 11.6 Å². The zero-order chi connectivity index (χ0) is 16.8. The Balaban J connectivity index is 1.74. The zero-order valence-electron chi connectivity index (χ0n) is 12.1. The molecular formula is C13H13ClN2O6S. The first-order valence-electron chi connectivity index (χ1n) is 6.67. The Morgan fingerprint density at radius 1 is 1.30 bits per heavy atom. The first-order valence-corrected chi connectivity index (χ1v) is 8.49. The number of halogens is 1. The van der Waals surface area contributed by atoms with Crippen LogP contribution in [0.4, 0.5) is 4.79 Å². The number of methoxy groups -OCH3 is 1. The summed E-state index contributed by atoms with van der Waals surface area (Å²) >= 11 is 5.95. The summed E-state index contributed by atoms with van der Waals surface area (Å²) in [5.74, 6) is -0.0814. The van der Waals surface area contributed by atoms with E-state index in [-0.39, 0.29) is 29.6 Å². The molecule has 2 saturated heterocycles. The molecular weight excluding hydrogens is 348 g/mol. The maximum Gasteiger partial charge on any atom is 0.417 e. The molecule has 1 aromatic carbocycles. The van der Waals surface area contributed by atoms with E-state index in [4.69, 9.17) is 16.3 Å². The third kappa shape index (κ3) is 2.64. The van der Waals surface area contributed by atoms with Gasteiger partial charge < -0.3 is 9.47 Å². The van der Waals surface area contributed by atoms with Crippen molar-refractivity contribution in [2.45, 2.75) is 10.9 Å². The molecule has 0 saturated carbocycles. The number of imide groups is 1. The monoisotopic (exact) mass is 360 g/mol. The average Bonchev–Trinajstić information content (AvgIpc) is 2.77. The molecule has 2 heterocycles. The third-order valence-corrected chi connectivity index (χ3v) is 5.86. The smallest absolute Gasteiger partial charge is 0.417 e. The van der Waals surface area contributed by atoms with E-state index in [1.807, 2.05) is 0 Å². The highest BCUT2D eigenvalue weighted by atomic mass is 35.5. The van der Waals surface area contributed by atoms with Gasteiger partial charge >= 0.3 is 6.09 Å². The molecule has 0 spiro atoms. The number of carbonyl (C=O) groups excluding carboxylic acids is 2. The summed E-state index contributed by atoms with van der Waals surface area (Å²) in [5.41, 5.74) is 0. The number of sulfonamides is 1. The van der Waals surface area contributed by atoms with Crippen LogP contribution in [0.15, 0.2) is 23.1 Å². The molecule has 0 N–H and O–H groups in total. The van der Waals surface area contributed by atoms with Crippen LogP contribution in [0, 0.1) is 0 Å². The highest BCUT2D eigenvalue weighted by Gasteiger charge is 2.46. The van der Waals surface area contributed by atoms with Crippen LogP contribution in [0.3, 0.4) is 0 Å². The number of hydrogen-bond acceptors (Lipinski definition) is 6. The van der Waals surface area contributed by atoms with Gasteiger partial charge in [-0.05, 0) is 18.2 Å². The predicted octanol–water partition coefficient (Wildman–Crippen LogP) is 0.700. The van der Waals surface area contributed by atoms with Crippen molar-refractivity contribution in [3.8, 4) is 5.75 Å². The van der Waals surface area contributed by atoms with Crippen molar-refractivity contribution in [1.29, 1.82) is 0 Å². The fourth-order valence-electron chi connectivity index (χ4n) is 2.45. The minimum Gasteiger partial charge on any atom is -0.495 e. The van der Waals surface area contributed by atoms with Crippen molar-refractivity contribution >= 4 is 33.6 Å². The number of ether oxygens (including phenoxy) is 2. The van der Waals surface area contributed by atoms with Crippen molar-refractivity contribution in [2.24, 2.45) is 0 Å². The van der Waals surface area contributed by atoms with Crippen molar-refractivity contribution < 1.29 is 27.5 Å². The van der Waals surface area contributed by atoms with Crippen LogP contribution in [-0.2, 0) is 19.6 Å². The van der Waals surface area contributed by atoms with E-state index in [1.54, 1.807) is 0 Å². The summed E-state index contributed by atoms with van der Waals surface area (Å²) in [6, 6.07) is 3.66. The molecule has 23 heavy (non-hydrogen) atoms. The molecule has 0 aliphatic carbocycles. The summed E-state index contributed by atoms with van der Waals surface area (Å²) in [6.07, 6.45) is -0.732. The Bertz CT molecular complexity index is 759. The van der Waals surface area contributed by atoms with Gasteiger partial charge in [-0.3, -0.25) is 4.79 Å². The van der Waals surface area contributed by atoms with E-state index >= 15 is 0 Å². The molecule has 1 aromatic rings. The van der Waals surface area contributed by atoms with Gasteiger partial charge in [0.15, 0.2) is 6.61 Å².